The number of ketones is 1. The van der Waals surface area contributed by atoms with E-state index in [0.717, 1.165) is 12.0 Å². The Morgan fingerprint density at radius 1 is 1.27 bits per heavy atom. The Hall–Kier alpha value is -1.15. The van der Waals surface area contributed by atoms with Crippen LogP contribution in [0, 0.1) is 0 Å². The molecule has 0 saturated heterocycles. The minimum Gasteiger partial charge on any atom is -0.289 e. The summed E-state index contributed by atoms with van der Waals surface area (Å²) in [6, 6.07) is 9.27. The number of benzene rings is 1. The van der Waals surface area contributed by atoms with Crippen molar-refractivity contribution in [1.82, 2.24) is 0 Å². The molecule has 0 saturated carbocycles. The Morgan fingerprint density at radius 2 is 1.87 bits per heavy atom. The van der Waals surface area contributed by atoms with Crippen molar-refractivity contribution in [2.45, 2.75) is 25.7 Å². The second-order valence-electron chi connectivity index (χ2n) is 3.39. The summed E-state index contributed by atoms with van der Waals surface area (Å²) in [7, 11) is 0. The van der Waals surface area contributed by atoms with Gasteiger partial charge in [-0.25, -0.2) is 0 Å². The van der Waals surface area contributed by atoms with E-state index in [1.807, 2.05) is 37.3 Å². The maximum absolute atomic E-state index is 11.6. The predicted octanol–water partition coefficient (Wildman–Crippen LogP) is 2.90. The monoisotopic (exact) mass is 224 g/mol. The third-order valence-electron chi connectivity index (χ3n) is 2.29. The number of Topliss-reactive ketones (excluding diaryl/α,β-unsaturated/α-hetero) is 1. The highest BCUT2D eigenvalue weighted by Crippen LogP contribution is 2.22. The van der Waals surface area contributed by atoms with Gasteiger partial charge in [-0.1, -0.05) is 43.7 Å². The van der Waals surface area contributed by atoms with Crippen molar-refractivity contribution in [3.05, 3.63) is 35.9 Å². The SMILES string of the molecule is CCCC(C(=O)C(=O)Cl)c1ccccc1. The smallest absolute Gasteiger partial charge is 0.288 e. The lowest BCUT2D eigenvalue weighted by atomic mass is 9.91. The molecular weight excluding hydrogens is 212 g/mol. The molecule has 2 nitrogen and oxygen atoms in total. The summed E-state index contributed by atoms with van der Waals surface area (Å²) in [4.78, 5) is 22.4. The van der Waals surface area contributed by atoms with E-state index in [2.05, 4.69) is 0 Å². The average Bonchev–Trinajstić information content (AvgIpc) is 2.26. The lowest BCUT2D eigenvalue weighted by Crippen LogP contribution is -2.18. The Balaban J connectivity index is 2.93. The molecule has 15 heavy (non-hydrogen) atoms. The molecule has 0 aromatic heterocycles. The molecule has 1 aromatic rings. The first-order valence-electron chi connectivity index (χ1n) is 4.95. The van der Waals surface area contributed by atoms with Gasteiger partial charge in [0.15, 0.2) is 0 Å². The zero-order valence-electron chi connectivity index (χ0n) is 8.57. The molecular formula is C12H13ClO2. The standard InChI is InChI=1S/C12H13ClO2/c1-2-6-10(11(14)12(13)15)9-7-4-3-5-8-9/h3-5,7-8,10H,2,6H2,1H3. The van der Waals surface area contributed by atoms with Gasteiger partial charge in [0.05, 0.1) is 5.92 Å². The second kappa shape index (κ2) is 5.66. The highest BCUT2D eigenvalue weighted by molar-refractivity contribution is 6.81. The van der Waals surface area contributed by atoms with Gasteiger partial charge < -0.3 is 0 Å². The maximum atomic E-state index is 11.6. The first kappa shape index (κ1) is 11.9. The van der Waals surface area contributed by atoms with Crippen molar-refractivity contribution in [1.29, 1.82) is 0 Å². The summed E-state index contributed by atoms with van der Waals surface area (Å²) in [6.45, 7) is 1.97. The largest absolute Gasteiger partial charge is 0.289 e. The second-order valence-corrected chi connectivity index (χ2v) is 3.73. The van der Waals surface area contributed by atoms with Crippen LogP contribution >= 0.6 is 11.6 Å². The number of rotatable bonds is 5. The van der Waals surface area contributed by atoms with Gasteiger partial charge in [-0.15, -0.1) is 0 Å². The number of hydrogen-bond donors (Lipinski definition) is 0. The molecule has 3 heteroatoms. The molecule has 1 unspecified atom stereocenters. The zero-order valence-corrected chi connectivity index (χ0v) is 9.33. The fourth-order valence-electron chi connectivity index (χ4n) is 1.56. The molecule has 1 atom stereocenters. The number of carbonyl (C=O) groups is 2. The molecule has 0 aliphatic heterocycles. The van der Waals surface area contributed by atoms with Crippen LogP contribution in [0.3, 0.4) is 0 Å². The van der Waals surface area contributed by atoms with Crippen LogP contribution in [0.4, 0.5) is 0 Å². The topological polar surface area (TPSA) is 34.1 Å². The van der Waals surface area contributed by atoms with Gasteiger partial charge in [0, 0.05) is 0 Å². The van der Waals surface area contributed by atoms with Crippen molar-refractivity contribution >= 4 is 22.6 Å². The van der Waals surface area contributed by atoms with Gasteiger partial charge in [0.25, 0.3) is 5.24 Å². The summed E-state index contributed by atoms with van der Waals surface area (Å²) >= 11 is 5.22. The van der Waals surface area contributed by atoms with E-state index in [0.29, 0.717) is 6.42 Å². The lowest BCUT2D eigenvalue weighted by Gasteiger charge is -2.12. The molecule has 0 aliphatic carbocycles. The van der Waals surface area contributed by atoms with Crippen molar-refractivity contribution in [2.75, 3.05) is 0 Å². The van der Waals surface area contributed by atoms with Crippen LogP contribution < -0.4 is 0 Å². The van der Waals surface area contributed by atoms with Crippen molar-refractivity contribution < 1.29 is 9.59 Å². The first-order chi connectivity index (χ1) is 7.16. The van der Waals surface area contributed by atoms with Crippen LogP contribution in [0.25, 0.3) is 0 Å². The third-order valence-corrected chi connectivity index (χ3v) is 2.48. The summed E-state index contributed by atoms with van der Waals surface area (Å²) in [5, 5.41) is -0.877. The van der Waals surface area contributed by atoms with Crippen LogP contribution in [-0.4, -0.2) is 11.0 Å². The van der Waals surface area contributed by atoms with E-state index in [4.69, 9.17) is 11.6 Å². The van der Waals surface area contributed by atoms with E-state index in [1.54, 1.807) is 0 Å². The molecule has 0 bridgehead atoms. The Kier molecular flexibility index (Phi) is 4.50. The Bertz CT molecular complexity index is 346. The molecule has 0 aliphatic rings. The molecule has 0 amide bonds. The van der Waals surface area contributed by atoms with Crippen molar-refractivity contribution in [3.63, 3.8) is 0 Å². The van der Waals surface area contributed by atoms with Gasteiger partial charge in [-0.2, -0.15) is 0 Å². The van der Waals surface area contributed by atoms with Crippen LogP contribution in [-0.2, 0) is 9.59 Å². The summed E-state index contributed by atoms with van der Waals surface area (Å²) in [5.41, 5.74) is 0.860. The summed E-state index contributed by atoms with van der Waals surface area (Å²) in [6.07, 6.45) is 1.50. The van der Waals surface area contributed by atoms with Crippen molar-refractivity contribution in [3.8, 4) is 0 Å². The van der Waals surface area contributed by atoms with E-state index >= 15 is 0 Å². The van der Waals surface area contributed by atoms with Gasteiger partial charge in [0.2, 0.25) is 5.78 Å². The van der Waals surface area contributed by atoms with Crippen LogP contribution in [0.1, 0.15) is 31.2 Å². The number of halogens is 1. The molecule has 1 rings (SSSR count). The molecule has 0 heterocycles. The van der Waals surface area contributed by atoms with E-state index < -0.39 is 11.0 Å². The molecule has 1 aromatic carbocycles. The molecule has 0 fully saturated rings. The van der Waals surface area contributed by atoms with E-state index in [1.165, 1.54) is 0 Å². The van der Waals surface area contributed by atoms with Crippen LogP contribution in [0.15, 0.2) is 30.3 Å². The van der Waals surface area contributed by atoms with Gasteiger partial charge in [-0.3, -0.25) is 9.59 Å². The lowest BCUT2D eigenvalue weighted by molar-refractivity contribution is -0.133. The minimum atomic E-state index is -0.877. The summed E-state index contributed by atoms with van der Waals surface area (Å²) < 4.78 is 0. The quantitative estimate of drug-likeness (QED) is 0.569. The normalized spacial score (nSPS) is 12.1. The zero-order chi connectivity index (χ0) is 11.3. The highest BCUT2D eigenvalue weighted by Gasteiger charge is 2.24. The van der Waals surface area contributed by atoms with Gasteiger partial charge in [-0.05, 0) is 23.6 Å². The number of hydrogen-bond acceptors (Lipinski definition) is 2. The fraction of sp³-hybridized carbons (Fsp3) is 0.333. The Labute approximate surface area is 94.2 Å². The van der Waals surface area contributed by atoms with Crippen molar-refractivity contribution in [2.24, 2.45) is 0 Å². The molecule has 0 N–H and O–H groups in total. The van der Waals surface area contributed by atoms with Crippen LogP contribution in [0.5, 0.6) is 0 Å². The summed E-state index contributed by atoms with van der Waals surface area (Å²) in [5.74, 6) is -0.897. The van der Waals surface area contributed by atoms with E-state index in [9.17, 15) is 9.59 Å². The molecule has 0 spiro atoms. The Morgan fingerprint density at radius 3 is 2.33 bits per heavy atom. The average molecular weight is 225 g/mol. The van der Waals surface area contributed by atoms with Gasteiger partial charge in [0.1, 0.15) is 0 Å². The maximum Gasteiger partial charge on any atom is 0.288 e. The number of carbonyl (C=O) groups excluding carboxylic acids is 2. The highest BCUT2D eigenvalue weighted by atomic mass is 35.5. The minimum absolute atomic E-state index is 0.388. The predicted molar refractivity (Wildman–Crippen MR) is 60.0 cm³/mol. The van der Waals surface area contributed by atoms with E-state index in [-0.39, 0.29) is 5.92 Å². The van der Waals surface area contributed by atoms with Gasteiger partial charge >= 0.3 is 0 Å². The third kappa shape index (κ3) is 3.17. The molecule has 0 radical (unpaired) electrons. The molecule has 80 valence electrons. The van der Waals surface area contributed by atoms with Crippen LogP contribution in [0.2, 0.25) is 0 Å². The fourth-order valence-corrected chi connectivity index (χ4v) is 1.69. The first-order valence-corrected chi connectivity index (χ1v) is 5.33.